The van der Waals surface area contributed by atoms with Crippen LogP contribution in [0.4, 0.5) is 0 Å². The fourth-order valence-electron chi connectivity index (χ4n) is 1.15. The van der Waals surface area contributed by atoms with Gasteiger partial charge in [0.15, 0.2) is 17.8 Å². The van der Waals surface area contributed by atoms with Gasteiger partial charge < -0.3 is 14.9 Å². The Labute approximate surface area is 81.8 Å². The van der Waals surface area contributed by atoms with E-state index in [0.717, 1.165) is 0 Å². The minimum atomic E-state index is -0.207. The topological polar surface area (TPSA) is 66.8 Å². The van der Waals surface area contributed by atoms with Gasteiger partial charge in [-0.05, 0) is 19.9 Å². The molecule has 0 saturated heterocycles. The largest absolute Gasteiger partial charge is 0.507 e. The summed E-state index contributed by atoms with van der Waals surface area (Å²) in [5, 5.41) is 19.0. The molecule has 14 heavy (non-hydrogen) atoms. The highest BCUT2D eigenvalue weighted by Gasteiger charge is 2.14. The quantitative estimate of drug-likeness (QED) is 0.721. The van der Waals surface area contributed by atoms with E-state index in [1.165, 1.54) is 13.0 Å². The molecule has 0 aromatic heterocycles. The van der Waals surface area contributed by atoms with Crippen LogP contribution in [0, 0.1) is 6.92 Å². The molecule has 1 aromatic carbocycles. The number of carbonyl (C=O) groups excluding carboxylic acids is 1. The normalized spacial score (nSPS) is 9.86. The molecule has 0 amide bonds. The lowest BCUT2D eigenvalue weighted by molar-refractivity contribution is 0.112. The van der Waals surface area contributed by atoms with Crippen LogP contribution in [0.2, 0.25) is 0 Å². The van der Waals surface area contributed by atoms with Crippen molar-refractivity contribution in [3.8, 4) is 17.2 Å². The molecule has 4 nitrogen and oxygen atoms in total. The van der Waals surface area contributed by atoms with Crippen LogP contribution in [0.3, 0.4) is 0 Å². The molecule has 0 heterocycles. The molecule has 1 rings (SSSR count). The van der Waals surface area contributed by atoms with Crippen molar-refractivity contribution < 1.29 is 19.7 Å². The second-order valence-corrected chi connectivity index (χ2v) is 2.84. The van der Waals surface area contributed by atoms with Gasteiger partial charge in [0.2, 0.25) is 0 Å². The number of hydrogen-bond acceptors (Lipinski definition) is 4. The number of benzene rings is 1. The SMILES string of the molecule is CCOc1cc(C=O)c(O)c(C)c1O. The Balaban J connectivity index is 3.32. The third kappa shape index (κ3) is 1.64. The van der Waals surface area contributed by atoms with Crippen molar-refractivity contribution in [1.82, 2.24) is 0 Å². The van der Waals surface area contributed by atoms with Gasteiger partial charge in [-0.15, -0.1) is 0 Å². The predicted molar refractivity (Wildman–Crippen MR) is 51.1 cm³/mol. The molecule has 0 atom stereocenters. The molecule has 0 unspecified atom stereocenters. The van der Waals surface area contributed by atoms with Gasteiger partial charge in [0, 0.05) is 5.56 Å². The number of carbonyl (C=O) groups is 1. The minimum Gasteiger partial charge on any atom is -0.507 e. The molecule has 0 spiro atoms. The van der Waals surface area contributed by atoms with Crippen molar-refractivity contribution in [2.45, 2.75) is 13.8 Å². The summed E-state index contributed by atoms with van der Waals surface area (Å²) in [7, 11) is 0. The second kappa shape index (κ2) is 4.00. The highest BCUT2D eigenvalue weighted by Crippen LogP contribution is 2.37. The van der Waals surface area contributed by atoms with E-state index >= 15 is 0 Å². The molecule has 0 saturated carbocycles. The van der Waals surface area contributed by atoms with Crippen molar-refractivity contribution in [1.29, 1.82) is 0 Å². The lowest BCUT2D eigenvalue weighted by Crippen LogP contribution is -1.95. The van der Waals surface area contributed by atoms with Crippen LogP contribution < -0.4 is 4.74 Å². The van der Waals surface area contributed by atoms with Crippen LogP contribution in [0.25, 0.3) is 0 Å². The highest BCUT2D eigenvalue weighted by molar-refractivity contribution is 5.82. The average Bonchev–Trinajstić information content (AvgIpc) is 2.19. The van der Waals surface area contributed by atoms with Crippen LogP contribution in [0.15, 0.2) is 6.07 Å². The molecule has 0 bridgehead atoms. The van der Waals surface area contributed by atoms with Gasteiger partial charge in [-0.25, -0.2) is 0 Å². The highest BCUT2D eigenvalue weighted by atomic mass is 16.5. The second-order valence-electron chi connectivity index (χ2n) is 2.84. The number of aromatic hydroxyl groups is 2. The molecule has 0 aliphatic rings. The van der Waals surface area contributed by atoms with Crippen molar-refractivity contribution in [3.63, 3.8) is 0 Å². The number of phenolic OH excluding ortho intramolecular Hbond substituents is 2. The third-order valence-electron chi connectivity index (χ3n) is 1.93. The Bertz CT molecular complexity index is 358. The summed E-state index contributed by atoms with van der Waals surface area (Å²) >= 11 is 0. The monoisotopic (exact) mass is 196 g/mol. The Morgan fingerprint density at radius 1 is 1.43 bits per heavy atom. The summed E-state index contributed by atoms with van der Waals surface area (Å²) in [6.45, 7) is 3.67. The Kier molecular flexibility index (Phi) is 2.96. The van der Waals surface area contributed by atoms with E-state index < -0.39 is 0 Å². The van der Waals surface area contributed by atoms with Crippen molar-refractivity contribution >= 4 is 6.29 Å². The molecule has 76 valence electrons. The number of ether oxygens (including phenoxy) is 1. The maximum atomic E-state index is 10.6. The average molecular weight is 196 g/mol. The molecule has 0 aliphatic heterocycles. The zero-order valence-corrected chi connectivity index (χ0v) is 8.07. The van der Waals surface area contributed by atoms with Crippen molar-refractivity contribution in [2.24, 2.45) is 0 Å². The summed E-state index contributed by atoms with van der Waals surface area (Å²) in [5.74, 6) is -0.124. The van der Waals surface area contributed by atoms with Gasteiger partial charge in [0.1, 0.15) is 5.75 Å². The summed E-state index contributed by atoms with van der Waals surface area (Å²) in [6, 6.07) is 1.31. The van der Waals surface area contributed by atoms with E-state index in [0.29, 0.717) is 12.9 Å². The van der Waals surface area contributed by atoms with Crippen LogP contribution in [-0.4, -0.2) is 23.1 Å². The standard InChI is InChI=1S/C10H12O4/c1-3-14-8-4-7(5-11)9(12)6(2)10(8)13/h4-5,12-13H,3H2,1-2H3. The Hall–Kier alpha value is -1.71. The molecule has 0 fully saturated rings. The first-order valence-electron chi connectivity index (χ1n) is 4.25. The van der Waals surface area contributed by atoms with E-state index in [4.69, 9.17) is 4.74 Å². The van der Waals surface area contributed by atoms with E-state index in [-0.39, 0.29) is 28.4 Å². The maximum absolute atomic E-state index is 10.6. The zero-order chi connectivity index (χ0) is 10.7. The van der Waals surface area contributed by atoms with Gasteiger partial charge in [-0.2, -0.15) is 0 Å². The molecule has 0 aliphatic carbocycles. The first-order valence-corrected chi connectivity index (χ1v) is 4.25. The number of hydrogen-bond donors (Lipinski definition) is 2. The van der Waals surface area contributed by atoms with Crippen LogP contribution in [0.5, 0.6) is 17.2 Å². The first kappa shape index (κ1) is 10.4. The lowest BCUT2D eigenvalue weighted by atomic mass is 10.1. The lowest BCUT2D eigenvalue weighted by Gasteiger charge is -2.10. The summed E-state index contributed by atoms with van der Waals surface area (Å²) < 4.78 is 5.09. The first-order chi connectivity index (χ1) is 6.61. The zero-order valence-electron chi connectivity index (χ0n) is 8.07. The number of phenols is 2. The molecule has 2 N–H and O–H groups in total. The molecule has 0 radical (unpaired) electrons. The van der Waals surface area contributed by atoms with Crippen molar-refractivity contribution in [2.75, 3.05) is 6.61 Å². The van der Waals surface area contributed by atoms with E-state index in [1.807, 2.05) is 0 Å². The van der Waals surface area contributed by atoms with Gasteiger partial charge in [0.25, 0.3) is 0 Å². The predicted octanol–water partition coefficient (Wildman–Crippen LogP) is 1.62. The van der Waals surface area contributed by atoms with Crippen molar-refractivity contribution in [3.05, 3.63) is 17.2 Å². The van der Waals surface area contributed by atoms with E-state index in [2.05, 4.69) is 0 Å². The van der Waals surface area contributed by atoms with Gasteiger partial charge >= 0.3 is 0 Å². The van der Waals surface area contributed by atoms with E-state index in [1.54, 1.807) is 6.92 Å². The summed E-state index contributed by atoms with van der Waals surface area (Å²) in [4.78, 5) is 10.6. The summed E-state index contributed by atoms with van der Waals surface area (Å²) in [6.07, 6.45) is 0.518. The van der Waals surface area contributed by atoms with Crippen LogP contribution in [0.1, 0.15) is 22.8 Å². The van der Waals surface area contributed by atoms with Crippen LogP contribution >= 0.6 is 0 Å². The fourth-order valence-corrected chi connectivity index (χ4v) is 1.15. The Morgan fingerprint density at radius 3 is 2.57 bits per heavy atom. The molecular weight excluding hydrogens is 184 g/mol. The number of aldehydes is 1. The van der Waals surface area contributed by atoms with Crippen LogP contribution in [-0.2, 0) is 0 Å². The Morgan fingerprint density at radius 2 is 2.07 bits per heavy atom. The smallest absolute Gasteiger partial charge is 0.164 e. The molecule has 4 heteroatoms. The minimum absolute atomic E-state index is 0.115. The van der Waals surface area contributed by atoms with Gasteiger partial charge in [-0.1, -0.05) is 0 Å². The van der Waals surface area contributed by atoms with Gasteiger partial charge in [0.05, 0.1) is 12.2 Å². The maximum Gasteiger partial charge on any atom is 0.164 e. The molecular formula is C10H12O4. The number of rotatable bonds is 3. The molecule has 1 aromatic rings. The van der Waals surface area contributed by atoms with E-state index in [9.17, 15) is 15.0 Å². The third-order valence-corrected chi connectivity index (χ3v) is 1.93. The fraction of sp³-hybridized carbons (Fsp3) is 0.300. The summed E-state index contributed by atoms with van der Waals surface area (Å²) in [5.41, 5.74) is 0.363. The van der Waals surface area contributed by atoms with Gasteiger partial charge in [-0.3, -0.25) is 4.79 Å².